The largest absolute Gasteiger partial charge is 0.481 e. The number of rotatable bonds is 4. The first-order valence-corrected chi connectivity index (χ1v) is 6.01. The maximum Gasteiger partial charge on any atom is 0.471 e. The van der Waals surface area contributed by atoms with Crippen molar-refractivity contribution in [3.05, 3.63) is 0 Å². The van der Waals surface area contributed by atoms with Crippen LogP contribution in [0.3, 0.4) is 0 Å². The molecule has 2 unspecified atom stereocenters. The van der Waals surface area contributed by atoms with Crippen molar-refractivity contribution >= 4 is 18.3 Å². The number of hydrogen-bond acceptors (Lipinski definition) is 5. The van der Waals surface area contributed by atoms with Crippen molar-refractivity contribution in [1.29, 1.82) is 0 Å². The Morgan fingerprint density at radius 2 is 2.05 bits per heavy atom. The minimum absolute atomic E-state index is 0.00792. The summed E-state index contributed by atoms with van der Waals surface area (Å²) in [7, 11) is 0. The summed E-state index contributed by atoms with van der Waals surface area (Å²) in [4.78, 5) is 29.8. The second kappa shape index (κ2) is 9.16. The molecule has 1 amide bonds. The molecule has 0 radical (unpaired) electrons. The molecule has 7 nitrogen and oxygen atoms in total. The molecule has 1 fully saturated rings. The molecule has 0 bridgehead atoms. The van der Waals surface area contributed by atoms with E-state index in [1.165, 1.54) is 0 Å². The van der Waals surface area contributed by atoms with E-state index in [-0.39, 0.29) is 25.5 Å². The first-order valence-electron chi connectivity index (χ1n) is 6.01. The molecule has 10 heteroatoms. The van der Waals surface area contributed by atoms with Crippen LogP contribution in [0.25, 0.3) is 0 Å². The smallest absolute Gasteiger partial charge is 0.471 e. The zero-order valence-electron chi connectivity index (χ0n) is 11.3. The number of amides is 1. The fraction of sp³-hybridized carbons (Fsp3) is 0.727. The van der Waals surface area contributed by atoms with Crippen molar-refractivity contribution in [2.75, 3.05) is 19.7 Å². The summed E-state index contributed by atoms with van der Waals surface area (Å²) in [5.74, 6) is -3.10. The predicted molar refractivity (Wildman–Crippen MR) is 64.3 cm³/mol. The van der Waals surface area contributed by atoms with E-state index < -0.39 is 24.1 Å². The Morgan fingerprint density at radius 1 is 1.48 bits per heavy atom. The lowest BCUT2D eigenvalue weighted by atomic mass is 9.93. The Hall–Kier alpha value is -1.84. The molecule has 0 spiro atoms. The summed E-state index contributed by atoms with van der Waals surface area (Å²) in [6, 6.07) is -0.683. The minimum Gasteiger partial charge on any atom is -0.481 e. The van der Waals surface area contributed by atoms with Crippen LogP contribution in [0.15, 0.2) is 0 Å². The van der Waals surface area contributed by atoms with E-state index in [4.69, 9.17) is 9.90 Å². The standard InChI is InChI=1S/C9H13F3N2O3.C2H4O2/c10-9(11,12)8(16)14-7-3-13-2-1-6(7)4-17-5-15;1-2(3)4/h5-7,13H,1-4H2,(H,14,16);1H3,(H,3,4). The molecule has 1 rings (SSSR count). The van der Waals surface area contributed by atoms with E-state index in [0.29, 0.717) is 13.0 Å². The fourth-order valence-corrected chi connectivity index (χ4v) is 1.69. The van der Waals surface area contributed by atoms with Crippen molar-refractivity contribution in [1.82, 2.24) is 10.6 Å². The Kier molecular flexibility index (Phi) is 8.36. The normalized spacial score (nSPS) is 21.5. The number of carbonyl (C=O) groups is 3. The van der Waals surface area contributed by atoms with E-state index in [1.807, 2.05) is 5.32 Å². The summed E-state index contributed by atoms with van der Waals surface area (Å²) in [5, 5.41) is 12.2. The highest BCUT2D eigenvalue weighted by Gasteiger charge is 2.41. The Bertz CT molecular complexity index is 358. The van der Waals surface area contributed by atoms with Crippen molar-refractivity contribution in [2.45, 2.75) is 25.6 Å². The zero-order chi connectivity index (χ0) is 16.5. The lowest BCUT2D eigenvalue weighted by Crippen LogP contribution is -2.55. The first-order chi connectivity index (χ1) is 9.68. The quantitative estimate of drug-likeness (QED) is 0.626. The van der Waals surface area contributed by atoms with Crippen molar-refractivity contribution in [2.24, 2.45) is 5.92 Å². The van der Waals surface area contributed by atoms with Crippen LogP contribution in [0.4, 0.5) is 13.2 Å². The monoisotopic (exact) mass is 314 g/mol. The lowest BCUT2D eigenvalue weighted by molar-refractivity contribution is -0.175. The molecule has 1 heterocycles. The second-order valence-electron chi connectivity index (χ2n) is 4.28. The van der Waals surface area contributed by atoms with Crippen molar-refractivity contribution in [3.63, 3.8) is 0 Å². The van der Waals surface area contributed by atoms with Gasteiger partial charge in [0, 0.05) is 25.4 Å². The zero-order valence-corrected chi connectivity index (χ0v) is 11.3. The van der Waals surface area contributed by atoms with Crippen LogP contribution in [0.1, 0.15) is 13.3 Å². The van der Waals surface area contributed by atoms with Crippen LogP contribution in [0.5, 0.6) is 0 Å². The van der Waals surface area contributed by atoms with Crippen LogP contribution >= 0.6 is 0 Å². The maximum absolute atomic E-state index is 12.1. The van der Waals surface area contributed by atoms with Crippen LogP contribution in [0, 0.1) is 5.92 Å². The topological polar surface area (TPSA) is 105 Å². The van der Waals surface area contributed by atoms with Gasteiger partial charge in [-0.1, -0.05) is 0 Å². The van der Waals surface area contributed by atoms with E-state index in [9.17, 15) is 22.8 Å². The average Bonchev–Trinajstić information content (AvgIpc) is 2.36. The van der Waals surface area contributed by atoms with Gasteiger partial charge in [0.05, 0.1) is 6.61 Å². The summed E-state index contributed by atoms with van der Waals surface area (Å²) >= 11 is 0. The molecule has 0 aliphatic carbocycles. The molecule has 0 aromatic carbocycles. The van der Waals surface area contributed by atoms with Gasteiger partial charge in [0.1, 0.15) is 0 Å². The Labute approximate surface area is 118 Å². The van der Waals surface area contributed by atoms with Gasteiger partial charge in [0.25, 0.3) is 12.4 Å². The summed E-state index contributed by atoms with van der Waals surface area (Å²) in [6.07, 6.45) is -4.36. The number of ether oxygens (including phenoxy) is 1. The molecule has 21 heavy (non-hydrogen) atoms. The Morgan fingerprint density at radius 3 is 2.52 bits per heavy atom. The molecule has 0 saturated carbocycles. The van der Waals surface area contributed by atoms with Gasteiger partial charge in [-0.15, -0.1) is 0 Å². The molecule has 0 aromatic heterocycles. The molecule has 0 aromatic rings. The van der Waals surface area contributed by atoms with Gasteiger partial charge < -0.3 is 20.5 Å². The second-order valence-corrected chi connectivity index (χ2v) is 4.28. The highest BCUT2D eigenvalue weighted by molar-refractivity contribution is 5.82. The van der Waals surface area contributed by atoms with Gasteiger partial charge in [-0.05, 0) is 13.0 Å². The molecular weight excluding hydrogens is 297 g/mol. The van der Waals surface area contributed by atoms with Gasteiger partial charge in [-0.25, -0.2) is 0 Å². The van der Waals surface area contributed by atoms with Gasteiger partial charge in [-0.3, -0.25) is 14.4 Å². The van der Waals surface area contributed by atoms with Crippen LogP contribution in [0.2, 0.25) is 0 Å². The molecular formula is C11H17F3N2O5. The van der Waals surface area contributed by atoms with E-state index >= 15 is 0 Å². The number of carbonyl (C=O) groups excluding carboxylic acids is 2. The van der Waals surface area contributed by atoms with Crippen LogP contribution in [-0.2, 0) is 19.1 Å². The summed E-state index contributed by atoms with van der Waals surface area (Å²) < 4.78 is 40.7. The van der Waals surface area contributed by atoms with Gasteiger partial charge >= 0.3 is 12.1 Å². The number of halogens is 3. The van der Waals surface area contributed by atoms with Crippen LogP contribution in [-0.4, -0.2) is 55.4 Å². The fourth-order valence-electron chi connectivity index (χ4n) is 1.69. The summed E-state index contributed by atoms with van der Waals surface area (Å²) in [5.41, 5.74) is 0. The molecule has 1 saturated heterocycles. The molecule has 1 aliphatic heterocycles. The highest BCUT2D eigenvalue weighted by Crippen LogP contribution is 2.18. The number of carboxylic acids is 1. The molecule has 3 N–H and O–H groups in total. The maximum atomic E-state index is 12.1. The van der Waals surface area contributed by atoms with Crippen LogP contribution < -0.4 is 10.6 Å². The summed E-state index contributed by atoms with van der Waals surface area (Å²) in [6.45, 7) is 2.18. The highest BCUT2D eigenvalue weighted by atomic mass is 19.4. The van der Waals surface area contributed by atoms with Crippen molar-refractivity contribution < 1.29 is 37.4 Å². The van der Waals surface area contributed by atoms with E-state index in [2.05, 4.69) is 10.1 Å². The van der Waals surface area contributed by atoms with Gasteiger partial charge in [0.15, 0.2) is 0 Å². The molecule has 2 atom stereocenters. The number of alkyl halides is 3. The predicted octanol–water partition coefficient (Wildman–Crippen LogP) is -0.0931. The lowest BCUT2D eigenvalue weighted by Gasteiger charge is -2.32. The van der Waals surface area contributed by atoms with Gasteiger partial charge in [0.2, 0.25) is 0 Å². The number of piperidine rings is 1. The van der Waals surface area contributed by atoms with E-state index in [1.54, 1.807) is 0 Å². The number of nitrogens with one attached hydrogen (secondary N) is 2. The van der Waals surface area contributed by atoms with Crippen molar-refractivity contribution in [3.8, 4) is 0 Å². The number of hydrogen-bond donors (Lipinski definition) is 3. The third-order valence-electron chi connectivity index (χ3n) is 2.58. The molecule has 122 valence electrons. The SMILES string of the molecule is CC(=O)O.O=COCC1CCNCC1NC(=O)C(F)(F)F. The number of aliphatic carboxylic acids is 1. The number of carboxylic acid groups (broad SMARTS) is 1. The first kappa shape index (κ1) is 19.2. The third-order valence-corrected chi connectivity index (χ3v) is 2.58. The average molecular weight is 314 g/mol. The van der Waals surface area contributed by atoms with E-state index in [0.717, 1.165) is 6.92 Å². The van der Waals surface area contributed by atoms with Gasteiger partial charge in [-0.2, -0.15) is 13.2 Å². The minimum atomic E-state index is -4.90. The third kappa shape index (κ3) is 8.84. The Balaban J connectivity index is 0.000000885. The molecule has 1 aliphatic rings.